The van der Waals surface area contributed by atoms with Gasteiger partial charge in [0, 0.05) is 17.6 Å². The fraction of sp³-hybridized carbons (Fsp3) is 0.385. The monoisotopic (exact) mass is 619 g/mol. The van der Waals surface area contributed by atoms with Gasteiger partial charge in [-0.3, -0.25) is 4.79 Å². The number of amides is 1. The maximum atomic E-state index is 13.7. The second-order valence-electron chi connectivity index (χ2n) is 13.0. The van der Waals surface area contributed by atoms with Crippen LogP contribution in [0.4, 0.5) is 0 Å². The molecule has 1 amide bonds. The second kappa shape index (κ2) is 14.1. The molecule has 2 fully saturated rings. The van der Waals surface area contributed by atoms with Gasteiger partial charge in [-0.1, -0.05) is 66.4 Å². The number of carbonyl (C=O) groups is 1. The number of aryl methyl sites for hydroxylation is 1. The predicted molar refractivity (Wildman–Crippen MR) is 180 cm³/mol. The van der Waals surface area contributed by atoms with E-state index >= 15 is 0 Å². The fourth-order valence-corrected chi connectivity index (χ4v) is 7.40. The van der Waals surface area contributed by atoms with Crippen LogP contribution >= 0.6 is 11.6 Å². The summed E-state index contributed by atoms with van der Waals surface area (Å²) in [5, 5.41) is 16.4. The minimum absolute atomic E-state index is 0.0273. The first-order valence-electron chi connectivity index (χ1n) is 16.4. The van der Waals surface area contributed by atoms with Crippen LogP contribution < -0.4 is 10.6 Å². The van der Waals surface area contributed by atoms with E-state index in [1.165, 1.54) is 36.8 Å². The Morgan fingerprint density at radius 2 is 1.78 bits per heavy atom. The quantitative estimate of drug-likeness (QED) is 0.156. The van der Waals surface area contributed by atoms with Crippen molar-refractivity contribution < 1.29 is 9.21 Å². The summed E-state index contributed by atoms with van der Waals surface area (Å²) in [4.78, 5) is 13.7. The van der Waals surface area contributed by atoms with Gasteiger partial charge in [0.25, 0.3) is 5.91 Å². The number of hydrogen-bond donors (Lipinski definition) is 2. The standard InChI is InChI=1S/C39H42ClN3O2/c1-25-9-15-29(16-10-25)26(2)42-24-32-18-20-38(45-32)30-17-19-37(40)36(22-30)39(44)43-31(21-27-11-13-28(23-41)14-12-27)5-3-6-33-34-7-4-8-35(33)34/h9-20,22,26,31,33-35,42H,3-8,21,24H2,1-2H3,(H,43,44)/t26-,31+,33?,34-,35+/m1/s1. The molecule has 1 heterocycles. The SMILES string of the molecule is Cc1ccc([C@@H](C)NCc2ccc(-c3ccc(Cl)c(C(=O)N[C@@H](CCCC4[C@H]5CCC[C@@H]45)Cc4ccc(C#N)cc4)c3)o2)cc1. The zero-order valence-electron chi connectivity index (χ0n) is 26.2. The number of rotatable bonds is 13. The van der Waals surface area contributed by atoms with Crippen molar-refractivity contribution in [1.82, 2.24) is 10.6 Å². The Morgan fingerprint density at radius 1 is 1.02 bits per heavy atom. The Morgan fingerprint density at radius 3 is 2.51 bits per heavy atom. The summed E-state index contributed by atoms with van der Waals surface area (Å²) in [6.07, 6.45) is 8.15. The minimum atomic E-state index is -0.177. The molecule has 4 aromatic rings. The lowest BCUT2D eigenvalue weighted by atomic mass is 9.97. The van der Waals surface area contributed by atoms with Gasteiger partial charge in [0.15, 0.2) is 0 Å². The van der Waals surface area contributed by atoms with Crippen LogP contribution in [-0.4, -0.2) is 11.9 Å². The van der Waals surface area contributed by atoms with Crippen molar-refractivity contribution in [1.29, 1.82) is 5.26 Å². The number of nitrogens with one attached hydrogen (secondary N) is 2. The molecule has 3 aromatic carbocycles. The van der Waals surface area contributed by atoms with E-state index in [4.69, 9.17) is 16.0 Å². The van der Waals surface area contributed by atoms with E-state index in [0.29, 0.717) is 34.9 Å². The average Bonchev–Trinajstić information content (AvgIpc) is 3.38. The number of nitriles is 1. The number of benzene rings is 3. The normalized spacial score (nSPS) is 19.8. The number of carbonyl (C=O) groups excluding carboxylic acids is 1. The molecular weight excluding hydrogens is 578 g/mol. The van der Waals surface area contributed by atoms with Gasteiger partial charge in [0.05, 0.1) is 28.8 Å². The van der Waals surface area contributed by atoms with E-state index in [0.717, 1.165) is 47.5 Å². The molecule has 5 nitrogen and oxygen atoms in total. The first kappa shape index (κ1) is 31.1. The summed E-state index contributed by atoms with van der Waals surface area (Å²) >= 11 is 6.59. The summed E-state index contributed by atoms with van der Waals surface area (Å²) in [6.45, 7) is 4.83. The number of fused-ring (bicyclic) bond motifs is 1. The van der Waals surface area contributed by atoms with Gasteiger partial charge in [-0.15, -0.1) is 0 Å². The van der Waals surface area contributed by atoms with Crippen molar-refractivity contribution in [2.45, 2.75) is 77.4 Å². The fourth-order valence-electron chi connectivity index (χ4n) is 7.19. The van der Waals surface area contributed by atoms with Crippen LogP contribution in [0, 0.1) is 36.0 Å². The maximum absolute atomic E-state index is 13.7. The molecule has 5 atom stereocenters. The van der Waals surface area contributed by atoms with Crippen LogP contribution in [0.25, 0.3) is 11.3 Å². The summed E-state index contributed by atoms with van der Waals surface area (Å²) < 4.78 is 6.18. The molecule has 1 unspecified atom stereocenters. The van der Waals surface area contributed by atoms with E-state index < -0.39 is 0 Å². The van der Waals surface area contributed by atoms with Gasteiger partial charge in [-0.2, -0.15) is 5.26 Å². The summed E-state index contributed by atoms with van der Waals surface area (Å²) in [7, 11) is 0. The smallest absolute Gasteiger partial charge is 0.253 e. The highest BCUT2D eigenvalue weighted by molar-refractivity contribution is 6.34. The van der Waals surface area contributed by atoms with Crippen molar-refractivity contribution in [2.75, 3.05) is 0 Å². The Kier molecular flexibility index (Phi) is 9.73. The van der Waals surface area contributed by atoms with Crippen molar-refractivity contribution in [3.63, 3.8) is 0 Å². The molecule has 2 N–H and O–H groups in total. The molecule has 45 heavy (non-hydrogen) atoms. The third-order valence-electron chi connectivity index (χ3n) is 9.89. The number of halogens is 1. The van der Waals surface area contributed by atoms with Gasteiger partial charge in [-0.05, 0) is 117 Å². The molecule has 0 aliphatic heterocycles. The average molecular weight is 620 g/mol. The maximum Gasteiger partial charge on any atom is 0.253 e. The first-order chi connectivity index (χ1) is 21.9. The Bertz CT molecular complexity index is 1640. The zero-order chi connectivity index (χ0) is 31.3. The number of furan rings is 1. The van der Waals surface area contributed by atoms with Crippen molar-refractivity contribution >= 4 is 17.5 Å². The van der Waals surface area contributed by atoms with E-state index in [1.54, 1.807) is 6.07 Å². The molecule has 1 aromatic heterocycles. The van der Waals surface area contributed by atoms with Crippen molar-refractivity contribution in [3.05, 3.63) is 117 Å². The van der Waals surface area contributed by atoms with Crippen LogP contribution in [0.3, 0.4) is 0 Å². The first-order valence-corrected chi connectivity index (χ1v) is 16.7. The molecule has 6 heteroatoms. The Hall–Kier alpha value is -3.85. The molecule has 2 saturated carbocycles. The van der Waals surface area contributed by atoms with Crippen LogP contribution in [-0.2, 0) is 13.0 Å². The topological polar surface area (TPSA) is 78.1 Å². The predicted octanol–water partition coefficient (Wildman–Crippen LogP) is 9.19. The molecular formula is C39H42ClN3O2. The van der Waals surface area contributed by atoms with Gasteiger partial charge < -0.3 is 15.1 Å². The number of nitrogens with zero attached hydrogens (tertiary/aromatic N) is 1. The highest BCUT2D eigenvalue weighted by atomic mass is 35.5. The third kappa shape index (κ3) is 7.69. The highest BCUT2D eigenvalue weighted by Gasteiger charge is 2.51. The second-order valence-corrected chi connectivity index (χ2v) is 13.4. The molecule has 0 saturated heterocycles. The third-order valence-corrected chi connectivity index (χ3v) is 10.2. The summed E-state index contributed by atoms with van der Waals surface area (Å²) in [6, 6.07) is 28.0. The molecule has 6 rings (SSSR count). The molecule has 232 valence electrons. The van der Waals surface area contributed by atoms with Gasteiger partial charge in [0.1, 0.15) is 11.5 Å². The molecule has 0 radical (unpaired) electrons. The number of hydrogen-bond acceptors (Lipinski definition) is 4. The molecule has 0 bridgehead atoms. The summed E-state index contributed by atoms with van der Waals surface area (Å²) in [5.41, 5.74) is 5.48. The lowest BCUT2D eigenvalue weighted by Gasteiger charge is -2.20. The lowest BCUT2D eigenvalue weighted by molar-refractivity contribution is 0.0934. The highest BCUT2D eigenvalue weighted by Crippen LogP contribution is 2.59. The van der Waals surface area contributed by atoms with E-state index in [1.807, 2.05) is 48.5 Å². The Balaban J connectivity index is 1.10. The van der Waals surface area contributed by atoms with E-state index in [-0.39, 0.29) is 18.0 Å². The van der Waals surface area contributed by atoms with Crippen LogP contribution in [0.1, 0.15) is 89.9 Å². The lowest BCUT2D eigenvalue weighted by Crippen LogP contribution is -2.36. The molecule has 2 aliphatic rings. The van der Waals surface area contributed by atoms with Crippen LogP contribution in [0.2, 0.25) is 5.02 Å². The van der Waals surface area contributed by atoms with Crippen LogP contribution in [0.5, 0.6) is 0 Å². The van der Waals surface area contributed by atoms with Gasteiger partial charge >= 0.3 is 0 Å². The van der Waals surface area contributed by atoms with Gasteiger partial charge in [-0.25, -0.2) is 0 Å². The van der Waals surface area contributed by atoms with Crippen LogP contribution in [0.15, 0.2) is 83.3 Å². The van der Waals surface area contributed by atoms with E-state index in [9.17, 15) is 10.1 Å². The largest absolute Gasteiger partial charge is 0.460 e. The molecule has 0 spiro atoms. The Labute approximate surface area is 272 Å². The summed E-state index contributed by atoms with van der Waals surface area (Å²) in [5.74, 6) is 4.14. The van der Waals surface area contributed by atoms with E-state index in [2.05, 4.69) is 54.8 Å². The van der Waals surface area contributed by atoms with Crippen molar-refractivity contribution in [3.8, 4) is 17.4 Å². The van der Waals surface area contributed by atoms with Gasteiger partial charge in [0.2, 0.25) is 0 Å². The zero-order valence-corrected chi connectivity index (χ0v) is 26.9. The molecule has 2 aliphatic carbocycles. The minimum Gasteiger partial charge on any atom is -0.460 e. The van der Waals surface area contributed by atoms with Crippen molar-refractivity contribution in [2.24, 2.45) is 17.8 Å².